The lowest BCUT2D eigenvalue weighted by Gasteiger charge is -2.28. The summed E-state index contributed by atoms with van der Waals surface area (Å²) in [5, 5.41) is 10.9. The summed E-state index contributed by atoms with van der Waals surface area (Å²) in [6.45, 7) is 4.17. The van der Waals surface area contributed by atoms with E-state index < -0.39 is 4.92 Å². The number of benzene rings is 1. The minimum Gasteiger partial charge on any atom is -0.398 e. The van der Waals surface area contributed by atoms with Gasteiger partial charge in [0.05, 0.1) is 16.5 Å². The summed E-state index contributed by atoms with van der Waals surface area (Å²) in [4.78, 5) is 28.8. The lowest BCUT2D eigenvalue weighted by molar-refractivity contribution is -0.384. The van der Waals surface area contributed by atoms with Crippen molar-refractivity contribution in [3.63, 3.8) is 0 Å². The van der Waals surface area contributed by atoms with E-state index >= 15 is 0 Å². The van der Waals surface area contributed by atoms with Crippen LogP contribution in [-0.4, -0.2) is 27.3 Å². The summed E-state index contributed by atoms with van der Waals surface area (Å²) in [5.74, 6) is -0.343. The predicted molar refractivity (Wildman–Crippen MR) is 86.9 cm³/mol. The summed E-state index contributed by atoms with van der Waals surface area (Å²) in [6, 6.07) is 7.34. The number of aromatic nitrogens is 1. The van der Waals surface area contributed by atoms with E-state index in [9.17, 15) is 14.9 Å². The third kappa shape index (κ3) is 3.45. The number of anilines is 1. The Labute approximate surface area is 133 Å². The molecule has 1 amide bonds. The van der Waals surface area contributed by atoms with Crippen LogP contribution in [0.2, 0.25) is 0 Å². The molecule has 0 aliphatic carbocycles. The molecule has 0 radical (unpaired) electrons. The quantitative estimate of drug-likeness (QED) is 0.519. The van der Waals surface area contributed by atoms with Crippen LogP contribution in [0, 0.1) is 10.1 Å². The number of non-ortho nitro benzene ring substituents is 1. The first-order valence-corrected chi connectivity index (χ1v) is 7.20. The number of nitro benzene ring substituents is 1. The first-order chi connectivity index (χ1) is 11.0. The molecular formula is C16H18N4O3. The van der Waals surface area contributed by atoms with Crippen molar-refractivity contribution in [2.24, 2.45) is 0 Å². The predicted octanol–water partition coefficient (Wildman–Crippen LogP) is 2.80. The van der Waals surface area contributed by atoms with Gasteiger partial charge in [-0.15, -0.1) is 0 Å². The minimum atomic E-state index is -0.545. The molecule has 1 atom stereocenters. The number of hydrogen-bond donors (Lipinski definition) is 1. The molecule has 0 saturated heterocycles. The minimum absolute atomic E-state index is 0.136. The molecule has 1 aromatic heterocycles. The van der Waals surface area contributed by atoms with Crippen molar-refractivity contribution in [1.82, 2.24) is 9.88 Å². The smallest absolute Gasteiger partial charge is 0.270 e. The van der Waals surface area contributed by atoms with Crippen molar-refractivity contribution in [2.45, 2.75) is 19.9 Å². The lowest BCUT2D eigenvalue weighted by Crippen LogP contribution is -2.34. The van der Waals surface area contributed by atoms with Gasteiger partial charge in [-0.2, -0.15) is 0 Å². The van der Waals surface area contributed by atoms with Crippen LogP contribution in [0.1, 0.15) is 35.8 Å². The first kappa shape index (κ1) is 16.4. The number of amides is 1. The maximum atomic E-state index is 12.8. The van der Waals surface area contributed by atoms with E-state index in [1.165, 1.54) is 18.2 Å². The van der Waals surface area contributed by atoms with E-state index in [2.05, 4.69) is 4.98 Å². The van der Waals surface area contributed by atoms with Crippen LogP contribution in [0.25, 0.3) is 0 Å². The summed E-state index contributed by atoms with van der Waals surface area (Å²) in [6.07, 6.45) is 3.35. The van der Waals surface area contributed by atoms with Gasteiger partial charge >= 0.3 is 0 Å². The second-order valence-electron chi connectivity index (χ2n) is 5.08. The third-order valence-corrected chi connectivity index (χ3v) is 3.71. The van der Waals surface area contributed by atoms with Crippen LogP contribution in [0.3, 0.4) is 0 Å². The molecule has 23 heavy (non-hydrogen) atoms. The molecule has 0 bridgehead atoms. The van der Waals surface area contributed by atoms with Crippen LogP contribution in [0.5, 0.6) is 0 Å². The average Bonchev–Trinajstić information content (AvgIpc) is 2.56. The number of carbonyl (C=O) groups is 1. The molecule has 0 aliphatic heterocycles. The SMILES string of the molecule is CCN(C(=O)c1cc([N+](=O)[O-])ccc1N)[C@@H](C)c1cccnc1. The molecule has 120 valence electrons. The Balaban J connectivity index is 2.37. The van der Waals surface area contributed by atoms with Crippen molar-refractivity contribution in [3.8, 4) is 0 Å². The van der Waals surface area contributed by atoms with Gasteiger partial charge < -0.3 is 10.6 Å². The number of rotatable bonds is 5. The topological polar surface area (TPSA) is 102 Å². The second-order valence-corrected chi connectivity index (χ2v) is 5.08. The molecule has 2 N–H and O–H groups in total. The molecule has 1 aromatic carbocycles. The fraction of sp³-hybridized carbons (Fsp3) is 0.250. The Bertz CT molecular complexity index is 719. The highest BCUT2D eigenvalue weighted by molar-refractivity contribution is 6.00. The van der Waals surface area contributed by atoms with Crippen molar-refractivity contribution >= 4 is 17.3 Å². The normalized spacial score (nSPS) is 11.7. The van der Waals surface area contributed by atoms with E-state index in [4.69, 9.17) is 5.73 Å². The maximum absolute atomic E-state index is 12.8. The number of nitrogens with two attached hydrogens (primary N) is 1. The zero-order valence-electron chi connectivity index (χ0n) is 13.0. The highest BCUT2D eigenvalue weighted by atomic mass is 16.6. The number of nitro groups is 1. The molecule has 0 unspecified atom stereocenters. The van der Waals surface area contributed by atoms with Gasteiger partial charge in [0.15, 0.2) is 0 Å². The largest absolute Gasteiger partial charge is 0.398 e. The number of nitrogen functional groups attached to an aromatic ring is 1. The summed E-state index contributed by atoms with van der Waals surface area (Å²) in [7, 11) is 0. The van der Waals surface area contributed by atoms with Gasteiger partial charge in [0.2, 0.25) is 0 Å². The number of pyridine rings is 1. The van der Waals surface area contributed by atoms with E-state index in [1.54, 1.807) is 23.4 Å². The van der Waals surface area contributed by atoms with E-state index in [1.807, 2.05) is 19.9 Å². The molecule has 7 nitrogen and oxygen atoms in total. The highest BCUT2D eigenvalue weighted by Crippen LogP contribution is 2.26. The standard InChI is InChI=1S/C16H18N4O3/c1-3-19(11(2)12-5-4-8-18-10-12)16(21)14-9-13(20(22)23)6-7-15(14)17/h4-11H,3,17H2,1-2H3/t11-/m0/s1. The van der Waals surface area contributed by atoms with E-state index in [-0.39, 0.29) is 28.9 Å². The second kappa shape index (κ2) is 6.87. The Morgan fingerprint density at radius 2 is 2.17 bits per heavy atom. The summed E-state index contributed by atoms with van der Waals surface area (Å²) >= 11 is 0. The molecule has 0 aliphatic rings. The van der Waals surface area contributed by atoms with Crippen molar-refractivity contribution in [1.29, 1.82) is 0 Å². The lowest BCUT2D eigenvalue weighted by atomic mass is 10.1. The van der Waals surface area contributed by atoms with E-state index in [0.717, 1.165) is 5.56 Å². The Morgan fingerprint density at radius 3 is 2.74 bits per heavy atom. The van der Waals surface area contributed by atoms with Crippen molar-refractivity contribution in [2.75, 3.05) is 12.3 Å². The molecular weight excluding hydrogens is 296 g/mol. The first-order valence-electron chi connectivity index (χ1n) is 7.20. The van der Waals surface area contributed by atoms with Crippen molar-refractivity contribution < 1.29 is 9.72 Å². The Morgan fingerprint density at radius 1 is 1.43 bits per heavy atom. The fourth-order valence-corrected chi connectivity index (χ4v) is 2.39. The van der Waals surface area contributed by atoms with Crippen LogP contribution >= 0.6 is 0 Å². The van der Waals surface area contributed by atoms with E-state index in [0.29, 0.717) is 6.54 Å². The third-order valence-electron chi connectivity index (χ3n) is 3.71. The van der Waals surface area contributed by atoms with Crippen LogP contribution < -0.4 is 5.73 Å². The van der Waals surface area contributed by atoms with Crippen LogP contribution in [-0.2, 0) is 0 Å². The fourth-order valence-electron chi connectivity index (χ4n) is 2.39. The van der Waals surface area contributed by atoms with Gasteiger partial charge in [0, 0.05) is 36.8 Å². The molecule has 0 saturated carbocycles. The molecule has 7 heteroatoms. The Hall–Kier alpha value is -2.96. The van der Waals surface area contributed by atoms with Gasteiger partial charge in [-0.25, -0.2) is 0 Å². The summed E-state index contributed by atoms with van der Waals surface area (Å²) < 4.78 is 0. The zero-order chi connectivity index (χ0) is 17.0. The number of nitrogens with zero attached hydrogens (tertiary/aromatic N) is 3. The van der Waals surface area contributed by atoms with Gasteiger partial charge in [0.25, 0.3) is 11.6 Å². The monoisotopic (exact) mass is 314 g/mol. The van der Waals surface area contributed by atoms with Gasteiger partial charge in [-0.05, 0) is 31.5 Å². The zero-order valence-corrected chi connectivity index (χ0v) is 13.0. The number of hydrogen-bond acceptors (Lipinski definition) is 5. The van der Waals surface area contributed by atoms with Gasteiger partial charge in [0.1, 0.15) is 0 Å². The van der Waals surface area contributed by atoms with Gasteiger partial charge in [-0.1, -0.05) is 6.07 Å². The van der Waals surface area contributed by atoms with Crippen LogP contribution in [0.15, 0.2) is 42.7 Å². The highest BCUT2D eigenvalue weighted by Gasteiger charge is 2.24. The molecule has 0 fully saturated rings. The molecule has 2 aromatic rings. The molecule has 0 spiro atoms. The van der Waals surface area contributed by atoms with Crippen LogP contribution in [0.4, 0.5) is 11.4 Å². The molecule has 2 rings (SSSR count). The van der Waals surface area contributed by atoms with Crippen molar-refractivity contribution in [3.05, 3.63) is 64.0 Å². The average molecular weight is 314 g/mol. The van der Waals surface area contributed by atoms with Gasteiger partial charge in [-0.3, -0.25) is 19.9 Å². The number of carbonyl (C=O) groups excluding carboxylic acids is 1. The summed E-state index contributed by atoms with van der Waals surface area (Å²) in [5.41, 5.74) is 6.92. The Kier molecular flexibility index (Phi) is 4.90. The molecule has 1 heterocycles. The maximum Gasteiger partial charge on any atom is 0.270 e.